The first-order chi connectivity index (χ1) is 11.1. The lowest BCUT2D eigenvalue weighted by Crippen LogP contribution is -2.40. The Morgan fingerprint density at radius 1 is 1.43 bits per heavy atom. The molecule has 1 saturated heterocycles. The zero-order chi connectivity index (χ0) is 16.2. The molecule has 1 amide bonds. The van der Waals surface area contributed by atoms with Crippen molar-refractivity contribution in [2.75, 3.05) is 33.7 Å². The third kappa shape index (κ3) is 3.58. The summed E-state index contributed by atoms with van der Waals surface area (Å²) in [6.45, 7) is 3.32. The maximum Gasteiger partial charge on any atom is 0.291 e. The molecule has 1 aliphatic rings. The van der Waals surface area contributed by atoms with Crippen molar-refractivity contribution in [3.8, 4) is 0 Å². The van der Waals surface area contributed by atoms with Crippen molar-refractivity contribution in [2.24, 2.45) is 0 Å². The van der Waals surface area contributed by atoms with E-state index < -0.39 is 0 Å². The lowest BCUT2D eigenvalue weighted by atomic mass is 9.97. The maximum absolute atomic E-state index is 12.4. The Bertz CT molecular complexity index is 634. The van der Waals surface area contributed by atoms with Gasteiger partial charge in [0.1, 0.15) is 12.2 Å². The van der Waals surface area contributed by atoms with Gasteiger partial charge in [0.25, 0.3) is 5.91 Å². The zero-order valence-electron chi connectivity index (χ0n) is 13.6. The summed E-state index contributed by atoms with van der Waals surface area (Å²) in [5.41, 5.74) is 0. The highest BCUT2D eigenvalue weighted by atomic mass is 16.2. The normalized spacial score (nSPS) is 18.6. The molecule has 0 bridgehead atoms. The Labute approximate surface area is 135 Å². The monoisotopic (exact) mass is 317 g/mol. The van der Waals surface area contributed by atoms with Gasteiger partial charge in [0.05, 0.1) is 0 Å². The summed E-state index contributed by atoms with van der Waals surface area (Å²) in [4.78, 5) is 24.9. The number of rotatable bonds is 5. The highest BCUT2D eigenvalue weighted by molar-refractivity contribution is 5.90. The molecule has 2 aromatic heterocycles. The number of amides is 1. The first-order valence-corrected chi connectivity index (χ1v) is 7.95. The third-order valence-corrected chi connectivity index (χ3v) is 4.23. The van der Waals surface area contributed by atoms with Crippen molar-refractivity contribution in [3.63, 3.8) is 0 Å². The van der Waals surface area contributed by atoms with E-state index in [0.717, 1.165) is 38.3 Å². The van der Waals surface area contributed by atoms with E-state index in [4.69, 9.17) is 0 Å². The van der Waals surface area contributed by atoms with Gasteiger partial charge in [-0.1, -0.05) is 0 Å². The second kappa shape index (κ2) is 6.91. The highest BCUT2D eigenvalue weighted by Gasteiger charge is 2.29. The van der Waals surface area contributed by atoms with Crippen molar-refractivity contribution in [1.82, 2.24) is 34.5 Å². The molecule has 0 aliphatic carbocycles. The molecular weight excluding hydrogens is 294 g/mol. The molecule has 0 spiro atoms. The van der Waals surface area contributed by atoms with Gasteiger partial charge in [0, 0.05) is 44.5 Å². The van der Waals surface area contributed by atoms with Gasteiger partial charge in [0.15, 0.2) is 0 Å². The van der Waals surface area contributed by atoms with Crippen molar-refractivity contribution < 1.29 is 4.79 Å². The summed E-state index contributed by atoms with van der Waals surface area (Å²) in [6, 6.07) is 0. The fourth-order valence-electron chi connectivity index (χ4n) is 3.01. The van der Waals surface area contributed by atoms with E-state index in [1.807, 2.05) is 17.3 Å². The Balaban J connectivity index is 1.69. The van der Waals surface area contributed by atoms with E-state index in [1.165, 1.54) is 6.33 Å². The number of likely N-dealkylation sites (tertiary alicyclic amines) is 1. The fraction of sp³-hybridized carbons (Fsp3) is 0.600. The maximum atomic E-state index is 12.4. The molecule has 1 atom stereocenters. The first kappa shape index (κ1) is 15.7. The van der Waals surface area contributed by atoms with Crippen LogP contribution in [0.25, 0.3) is 0 Å². The van der Waals surface area contributed by atoms with Gasteiger partial charge < -0.3 is 14.4 Å². The second-order valence-electron chi connectivity index (χ2n) is 6.21. The fourth-order valence-corrected chi connectivity index (χ4v) is 3.01. The first-order valence-electron chi connectivity index (χ1n) is 7.95. The van der Waals surface area contributed by atoms with Crippen LogP contribution in [0.3, 0.4) is 0 Å². The number of nitrogens with one attached hydrogen (secondary N) is 1. The van der Waals surface area contributed by atoms with E-state index >= 15 is 0 Å². The molecule has 3 heterocycles. The second-order valence-corrected chi connectivity index (χ2v) is 6.21. The van der Waals surface area contributed by atoms with E-state index in [1.54, 1.807) is 0 Å². The van der Waals surface area contributed by atoms with Gasteiger partial charge in [-0.2, -0.15) is 5.10 Å². The summed E-state index contributed by atoms with van der Waals surface area (Å²) in [5, 5.41) is 6.41. The van der Waals surface area contributed by atoms with Crippen LogP contribution in [0, 0.1) is 0 Å². The number of likely N-dealkylation sites (N-methyl/N-ethyl adjacent to an activating group) is 1. The molecule has 8 nitrogen and oxygen atoms in total. The van der Waals surface area contributed by atoms with Crippen LogP contribution < -0.4 is 0 Å². The lowest BCUT2D eigenvalue weighted by molar-refractivity contribution is 0.0691. The van der Waals surface area contributed by atoms with E-state index in [9.17, 15) is 4.79 Å². The molecular formula is C15H23N7O. The van der Waals surface area contributed by atoms with Crippen molar-refractivity contribution >= 4 is 5.91 Å². The number of imidazole rings is 1. The minimum atomic E-state index is -0.0846. The van der Waals surface area contributed by atoms with Crippen LogP contribution in [0.4, 0.5) is 0 Å². The van der Waals surface area contributed by atoms with Gasteiger partial charge >= 0.3 is 0 Å². The minimum Gasteiger partial charge on any atom is -0.335 e. The number of nitrogens with zero attached hydrogens (tertiary/aromatic N) is 6. The predicted molar refractivity (Wildman–Crippen MR) is 85.0 cm³/mol. The largest absolute Gasteiger partial charge is 0.335 e. The van der Waals surface area contributed by atoms with Crippen LogP contribution in [0.15, 0.2) is 18.7 Å². The predicted octanol–water partition coefficient (Wildman–Crippen LogP) is 0.583. The number of H-pyrrole nitrogens is 1. The number of aromatic amines is 1. The summed E-state index contributed by atoms with van der Waals surface area (Å²) in [5.74, 6) is 1.56. The van der Waals surface area contributed by atoms with E-state index in [0.29, 0.717) is 12.4 Å². The molecule has 23 heavy (non-hydrogen) atoms. The number of piperidine rings is 1. The highest BCUT2D eigenvalue weighted by Crippen LogP contribution is 2.26. The Kier molecular flexibility index (Phi) is 4.71. The SMILES string of the molecule is CN(C)CCn1ccnc1C1CCCN(C(=O)c2ncn[nH]2)C1. The lowest BCUT2D eigenvalue weighted by Gasteiger charge is -2.32. The van der Waals surface area contributed by atoms with Crippen LogP contribution in [0.5, 0.6) is 0 Å². The average Bonchev–Trinajstić information content (AvgIpc) is 3.23. The molecule has 1 fully saturated rings. The zero-order valence-corrected chi connectivity index (χ0v) is 13.6. The molecule has 8 heteroatoms. The molecule has 0 aromatic carbocycles. The number of hydrogen-bond acceptors (Lipinski definition) is 5. The molecule has 0 saturated carbocycles. The van der Waals surface area contributed by atoms with Gasteiger partial charge in [0.2, 0.25) is 5.82 Å². The van der Waals surface area contributed by atoms with Crippen LogP contribution in [0.2, 0.25) is 0 Å². The Morgan fingerprint density at radius 2 is 2.30 bits per heavy atom. The van der Waals surface area contributed by atoms with Crippen molar-refractivity contribution in [1.29, 1.82) is 0 Å². The Hall–Kier alpha value is -2.22. The van der Waals surface area contributed by atoms with Gasteiger partial charge in [-0.15, -0.1) is 0 Å². The average molecular weight is 317 g/mol. The van der Waals surface area contributed by atoms with Crippen LogP contribution in [-0.4, -0.2) is 74.2 Å². The molecule has 0 radical (unpaired) electrons. The van der Waals surface area contributed by atoms with Crippen LogP contribution in [-0.2, 0) is 6.54 Å². The Morgan fingerprint density at radius 3 is 3.04 bits per heavy atom. The molecule has 1 N–H and O–H groups in total. The van der Waals surface area contributed by atoms with Gasteiger partial charge in [-0.3, -0.25) is 9.89 Å². The number of hydrogen-bond donors (Lipinski definition) is 1. The number of aromatic nitrogens is 5. The van der Waals surface area contributed by atoms with Crippen molar-refractivity contribution in [2.45, 2.75) is 25.3 Å². The van der Waals surface area contributed by atoms with E-state index in [2.05, 4.69) is 43.7 Å². The summed E-state index contributed by atoms with van der Waals surface area (Å²) < 4.78 is 2.20. The quantitative estimate of drug-likeness (QED) is 0.872. The molecule has 124 valence electrons. The summed E-state index contributed by atoms with van der Waals surface area (Å²) in [7, 11) is 4.13. The van der Waals surface area contributed by atoms with Gasteiger partial charge in [-0.25, -0.2) is 9.97 Å². The van der Waals surface area contributed by atoms with Crippen molar-refractivity contribution in [3.05, 3.63) is 30.4 Å². The molecule has 1 unspecified atom stereocenters. The number of carbonyl (C=O) groups excluding carboxylic acids is 1. The topological polar surface area (TPSA) is 82.9 Å². The number of carbonyl (C=O) groups is 1. The smallest absolute Gasteiger partial charge is 0.291 e. The van der Waals surface area contributed by atoms with Crippen LogP contribution in [0.1, 0.15) is 35.2 Å². The standard InChI is InChI=1S/C15H23N7O/c1-20(2)8-9-21-7-5-16-14(21)12-4-3-6-22(10-12)15(23)13-17-11-18-19-13/h5,7,11-12H,3-4,6,8-10H2,1-2H3,(H,17,18,19). The minimum absolute atomic E-state index is 0.0846. The molecule has 3 rings (SSSR count). The molecule has 2 aromatic rings. The summed E-state index contributed by atoms with van der Waals surface area (Å²) >= 11 is 0. The summed E-state index contributed by atoms with van der Waals surface area (Å²) in [6.07, 6.45) is 7.27. The van der Waals surface area contributed by atoms with Crippen LogP contribution >= 0.6 is 0 Å². The van der Waals surface area contributed by atoms with Gasteiger partial charge in [-0.05, 0) is 26.9 Å². The molecule has 1 aliphatic heterocycles. The van der Waals surface area contributed by atoms with E-state index in [-0.39, 0.29) is 11.8 Å². The third-order valence-electron chi connectivity index (χ3n) is 4.23.